The van der Waals surface area contributed by atoms with Crippen LogP contribution in [0.25, 0.3) is 11.1 Å². The van der Waals surface area contributed by atoms with E-state index in [-0.39, 0.29) is 45.1 Å². The van der Waals surface area contributed by atoms with Crippen LogP contribution in [-0.2, 0) is 30.4 Å². The molecule has 1 aliphatic heterocycles. The van der Waals surface area contributed by atoms with Crippen molar-refractivity contribution < 1.29 is 38.6 Å². The van der Waals surface area contributed by atoms with E-state index in [4.69, 9.17) is 26.7 Å². The van der Waals surface area contributed by atoms with Gasteiger partial charge >= 0.3 is 5.97 Å². The summed E-state index contributed by atoms with van der Waals surface area (Å²) in [6.07, 6.45) is 14.4. The Morgan fingerprint density at radius 3 is 1.95 bits per heavy atom. The number of carbonyl (C=O) groups excluding carboxylic acids is 4. The Labute approximate surface area is 356 Å². The van der Waals surface area contributed by atoms with E-state index in [1.54, 1.807) is 36.4 Å². The van der Waals surface area contributed by atoms with Crippen molar-refractivity contribution in [3.63, 3.8) is 0 Å². The van der Waals surface area contributed by atoms with Crippen molar-refractivity contribution in [3.05, 3.63) is 47.5 Å². The van der Waals surface area contributed by atoms with Crippen LogP contribution in [0.5, 0.6) is 11.5 Å². The average Bonchev–Trinajstić information content (AvgIpc) is 3.23. The molecule has 0 aromatic heterocycles. The molecule has 0 radical (unpaired) electrons. The lowest BCUT2D eigenvalue weighted by molar-refractivity contribution is -0.144. The number of carboxylic acid groups (broad SMARTS) is 1. The van der Waals surface area contributed by atoms with E-state index in [9.17, 15) is 29.1 Å². The largest absolute Gasteiger partial charge is 0.492 e. The second kappa shape index (κ2) is 27.2. The lowest BCUT2D eigenvalue weighted by Gasteiger charge is -2.32. The molecule has 60 heavy (non-hydrogen) atoms. The molecule has 10 N–H and O–H groups in total. The number of unbranched alkanes of at least 4 members (excludes halogenated alkanes) is 11. The molecule has 0 saturated heterocycles. The fourth-order valence-corrected chi connectivity index (χ4v) is 7.41. The zero-order valence-electron chi connectivity index (χ0n) is 36.1. The summed E-state index contributed by atoms with van der Waals surface area (Å²) < 4.78 is 12.1. The number of rotatable bonds is 26. The van der Waals surface area contributed by atoms with E-state index in [1.165, 1.54) is 63.8 Å². The number of amides is 4. The van der Waals surface area contributed by atoms with Gasteiger partial charge in [-0.2, -0.15) is 0 Å². The van der Waals surface area contributed by atoms with E-state index in [0.29, 0.717) is 66.0 Å². The molecule has 15 nitrogen and oxygen atoms in total. The Morgan fingerprint density at radius 1 is 0.783 bits per heavy atom. The Morgan fingerprint density at radius 2 is 1.37 bits per heavy atom. The number of benzene rings is 2. The normalized spacial score (nSPS) is 17.1. The number of hydrogen-bond donors (Lipinski definition) is 7. The molecule has 4 bridgehead atoms. The van der Waals surface area contributed by atoms with E-state index in [0.717, 1.165) is 19.3 Å². The molecule has 4 atom stereocenters. The van der Waals surface area contributed by atoms with E-state index in [2.05, 4.69) is 22.9 Å². The standard InChI is InChI=1S/C45H71N7O8/c1-4-5-6-7-8-9-10-11-12-13-14-18-40(53)50-36(17-15-16-23-46)44(56)52(3)41-33-20-22-39(60-27-25-48)35(30-33)34-28-32(19-21-38(34)59-26-24-47)29-37(45(57)58)51-42(54)31(2)49-43(41)55/h19-22,28,30-31,36-37,41H,4-18,23-27,29,46-48H2,1-3H3,(H,49,55)(H,50,53)(H,51,54)(H,57,58)/t31-,36-,37-,41-/m0/s1. The Hall–Kier alpha value is -4.73. The van der Waals surface area contributed by atoms with Crippen LogP contribution in [0, 0.1) is 0 Å². The minimum atomic E-state index is -1.33. The number of nitrogens with two attached hydrogens (primary N) is 3. The van der Waals surface area contributed by atoms with Gasteiger partial charge in [-0.05, 0) is 74.5 Å². The summed E-state index contributed by atoms with van der Waals surface area (Å²) in [6, 6.07) is 5.47. The lowest BCUT2D eigenvalue weighted by Crippen LogP contribution is -2.54. The molecule has 0 saturated carbocycles. The molecule has 4 amide bonds. The second-order valence-corrected chi connectivity index (χ2v) is 15.7. The molecule has 2 aromatic carbocycles. The predicted molar refractivity (Wildman–Crippen MR) is 233 cm³/mol. The average molecular weight is 838 g/mol. The van der Waals surface area contributed by atoms with Crippen LogP contribution in [-0.4, -0.2) is 97.6 Å². The van der Waals surface area contributed by atoms with Gasteiger partial charge in [0.25, 0.3) is 0 Å². The van der Waals surface area contributed by atoms with Crippen molar-refractivity contribution in [1.82, 2.24) is 20.9 Å². The van der Waals surface area contributed by atoms with Crippen LogP contribution in [0.15, 0.2) is 36.4 Å². The third-order valence-corrected chi connectivity index (χ3v) is 10.8. The van der Waals surface area contributed by atoms with Crippen LogP contribution in [0.4, 0.5) is 0 Å². The molecule has 15 heteroatoms. The predicted octanol–water partition coefficient (Wildman–Crippen LogP) is 4.47. The Kier molecular flexibility index (Phi) is 22.5. The zero-order chi connectivity index (χ0) is 43.9. The third kappa shape index (κ3) is 16.0. The summed E-state index contributed by atoms with van der Waals surface area (Å²) in [6.45, 7) is 4.86. The minimum absolute atomic E-state index is 0.0685. The highest BCUT2D eigenvalue weighted by molar-refractivity contribution is 5.96. The Bertz CT molecular complexity index is 1670. The number of nitrogens with one attached hydrogen (secondary N) is 3. The van der Waals surface area contributed by atoms with E-state index < -0.39 is 47.9 Å². The summed E-state index contributed by atoms with van der Waals surface area (Å²) in [5.41, 5.74) is 19.4. The molecule has 0 spiro atoms. The zero-order valence-corrected chi connectivity index (χ0v) is 36.1. The van der Waals surface area contributed by atoms with Gasteiger partial charge in [-0.25, -0.2) is 4.79 Å². The quantitative estimate of drug-likeness (QED) is 0.0652. The van der Waals surface area contributed by atoms with Crippen molar-refractivity contribution in [2.24, 2.45) is 17.2 Å². The maximum absolute atomic E-state index is 14.5. The number of nitrogens with zero attached hydrogens (tertiary/aromatic N) is 1. The molecule has 2 aromatic rings. The van der Waals surface area contributed by atoms with Crippen molar-refractivity contribution in [1.29, 1.82) is 0 Å². The smallest absolute Gasteiger partial charge is 0.326 e. The highest BCUT2D eigenvalue weighted by atomic mass is 16.5. The van der Waals surface area contributed by atoms with Gasteiger partial charge in [0.2, 0.25) is 23.6 Å². The van der Waals surface area contributed by atoms with Crippen LogP contribution < -0.4 is 42.6 Å². The summed E-state index contributed by atoms with van der Waals surface area (Å²) in [5.74, 6) is -2.59. The van der Waals surface area contributed by atoms with Gasteiger partial charge in [-0.1, -0.05) is 83.3 Å². The summed E-state index contributed by atoms with van der Waals surface area (Å²) in [5, 5.41) is 18.3. The number of aliphatic carboxylic acids is 1. The van der Waals surface area contributed by atoms with Gasteiger partial charge in [-0.3, -0.25) is 19.2 Å². The summed E-state index contributed by atoms with van der Waals surface area (Å²) in [7, 11) is 1.49. The van der Waals surface area contributed by atoms with E-state index in [1.807, 2.05) is 0 Å². The second-order valence-electron chi connectivity index (χ2n) is 15.7. The molecule has 0 aliphatic carbocycles. The fourth-order valence-electron chi connectivity index (χ4n) is 7.41. The molecular formula is C45H71N7O8. The first-order chi connectivity index (χ1) is 28.9. The third-order valence-electron chi connectivity index (χ3n) is 10.8. The molecule has 0 fully saturated rings. The summed E-state index contributed by atoms with van der Waals surface area (Å²) in [4.78, 5) is 69.3. The molecule has 334 valence electrons. The van der Waals surface area contributed by atoms with Gasteiger partial charge < -0.3 is 52.6 Å². The lowest BCUT2D eigenvalue weighted by atomic mass is 9.93. The molecule has 1 aliphatic rings. The monoisotopic (exact) mass is 838 g/mol. The van der Waals surface area contributed by atoms with Crippen LogP contribution in [0.3, 0.4) is 0 Å². The molecule has 1 heterocycles. The number of hydrogen-bond acceptors (Lipinski definition) is 10. The van der Waals surface area contributed by atoms with Crippen LogP contribution >= 0.6 is 0 Å². The number of fused-ring (bicyclic) bond motifs is 5. The first kappa shape index (κ1) is 49.6. The van der Waals surface area contributed by atoms with E-state index >= 15 is 0 Å². The van der Waals surface area contributed by atoms with Crippen molar-refractivity contribution >= 4 is 29.6 Å². The Balaban J connectivity index is 1.97. The maximum atomic E-state index is 14.5. The number of carbonyl (C=O) groups is 5. The highest BCUT2D eigenvalue weighted by Gasteiger charge is 2.36. The van der Waals surface area contributed by atoms with Crippen molar-refractivity contribution in [2.75, 3.05) is 39.9 Å². The number of carboxylic acids is 1. The van der Waals surface area contributed by atoms with Crippen molar-refractivity contribution in [2.45, 2.75) is 141 Å². The van der Waals surface area contributed by atoms with Gasteiger partial charge in [0, 0.05) is 44.1 Å². The number of likely N-dealkylation sites (N-methyl/N-ethyl adjacent to an activating group) is 1. The van der Waals surface area contributed by atoms with Crippen molar-refractivity contribution in [3.8, 4) is 22.6 Å². The van der Waals surface area contributed by atoms with Crippen LogP contribution in [0.2, 0.25) is 0 Å². The summed E-state index contributed by atoms with van der Waals surface area (Å²) >= 11 is 0. The SMILES string of the molecule is CCCCCCCCCCCCCC(=O)N[C@@H](CCCCN)C(=O)N(C)[C@@H]1C(=O)N[C@@H](C)C(=O)N[C@H](C(=O)O)Cc2ccc(OCCN)c(c2)-c2cc1ccc2OCCN. The topological polar surface area (TPSA) is 241 Å². The van der Waals surface area contributed by atoms with Gasteiger partial charge in [-0.15, -0.1) is 0 Å². The minimum Gasteiger partial charge on any atom is -0.492 e. The van der Waals surface area contributed by atoms with Gasteiger partial charge in [0.1, 0.15) is 48.9 Å². The molecular weight excluding hydrogens is 767 g/mol. The molecule has 0 unspecified atom stereocenters. The maximum Gasteiger partial charge on any atom is 0.326 e. The first-order valence-electron chi connectivity index (χ1n) is 22.0. The fraction of sp³-hybridized carbons (Fsp3) is 0.622. The molecule has 3 rings (SSSR count). The first-order valence-corrected chi connectivity index (χ1v) is 22.0. The highest BCUT2D eigenvalue weighted by Crippen LogP contribution is 2.40. The van der Waals surface area contributed by atoms with Crippen LogP contribution in [0.1, 0.15) is 127 Å². The number of ether oxygens (including phenoxy) is 2. The van der Waals surface area contributed by atoms with Gasteiger partial charge in [0.05, 0.1) is 0 Å². The van der Waals surface area contributed by atoms with Gasteiger partial charge in [0.15, 0.2) is 0 Å².